The maximum absolute atomic E-state index is 2.36. The van der Waals surface area contributed by atoms with Gasteiger partial charge in [-0.05, 0) is 68.7 Å². The van der Waals surface area contributed by atoms with Crippen molar-refractivity contribution in [3.63, 3.8) is 0 Å². The van der Waals surface area contributed by atoms with E-state index < -0.39 is 0 Å². The van der Waals surface area contributed by atoms with Gasteiger partial charge in [-0.15, -0.1) is 0 Å². The van der Waals surface area contributed by atoms with Crippen LogP contribution in [0.3, 0.4) is 0 Å². The number of hydrogen-bond donors (Lipinski definition) is 0. The standard InChI is InChI=1S/C15H20/c1-11-8-9-15(13(3)10-11)14-7-5-4-6-12(14)2/h4,6,10H,5,7-9H2,1-3H3. The third kappa shape index (κ3) is 2.14. The first-order valence-corrected chi connectivity index (χ1v) is 5.92. The Kier molecular flexibility index (Phi) is 2.95. The van der Waals surface area contributed by atoms with Gasteiger partial charge in [0.2, 0.25) is 0 Å². The molecule has 2 aliphatic carbocycles. The van der Waals surface area contributed by atoms with E-state index in [2.05, 4.69) is 39.0 Å². The van der Waals surface area contributed by atoms with Crippen molar-refractivity contribution in [1.29, 1.82) is 0 Å². The maximum Gasteiger partial charge on any atom is -0.0236 e. The van der Waals surface area contributed by atoms with Gasteiger partial charge >= 0.3 is 0 Å². The SMILES string of the molecule is CC1=CC(C)=C(C2=C(C)C=CCC2)CC1. The van der Waals surface area contributed by atoms with Gasteiger partial charge in [0.1, 0.15) is 0 Å². The molecule has 0 amide bonds. The van der Waals surface area contributed by atoms with Gasteiger partial charge in [-0.2, -0.15) is 0 Å². The molecule has 0 fully saturated rings. The van der Waals surface area contributed by atoms with Crippen LogP contribution in [0, 0.1) is 0 Å². The molecule has 0 heterocycles. The van der Waals surface area contributed by atoms with Gasteiger partial charge in [0.25, 0.3) is 0 Å². The molecule has 0 aromatic carbocycles. The number of rotatable bonds is 1. The first-order chi connectivity index (χ1) is 7.18. The fourth-order valence-corrected chi connectivity index (χ4v) is 2.61. The summed E-state index contributed by atoms with van der Waals surface area (Å²) >= 11 is 0. The maximum atomic E-state index is 2.36. The summed E-state index contributed by atoms with van der Waals surface area (Å²) in [5, 5.41) is 0. The lowest BCUT2D eigenvalue weighted by Gasteiger charge is -2.22. The molecule has 2 rings (SSSR count). The van der Waals surface area contributed by atoms with Crippen molar-refractivity contribution in [1.82, 2.24) is 0 Å². The fraction of sp³-hybridized carbons (Fsp3) is 0.467. The van der Waals surface area contributed by atoms with E-state index in [1.54, 1.807) is 11.1 Å². The van der Waals surface area contributed by atoms with Crippen molar-refractivity contribution in [2.75, 3.05) is 0 Å². The fourth-order valence-electron chi connectivity index (χ4n) is 2.61. The topological polar surface area (TPSA) is 0 Å². The molecule has 0 bridgehead atoms. The molecule has 80 valence electrons. The third-order valence-corrected chi connectivity index (χ3v) is 3.48. The minimum absolute atomic E-state index is 1.21. The van der Waals surface area contributed by atoms with Gasteiger partial charge in [0, 0.05) is 0 Å². The molecule has 0 radical (unpaired) electrons. The Hall–Kier alpha value is -1.04. The van der Waals surface area contributed by atoms with Gasteiger partial charge in [-0.25, -0.2) is 0 Å². The van der Waals surface area contributed by atoms with Crippen molar-refractivity contribution in [2.24, 2.45) is 0 Å². The molecule has 0 unspecified atom stereocenters. The zero-order valence-corrected chi connectivity index (χ0v) is 10.1. The van der Waals surface area contributed by atoms with Crippen LogP contribution in [0.5, 0.6) is 0 Å². The van der Waals surface area contributed by atoms with Crippen LogP contribution < -0.4 is 0 Å². The largest absolute Gasteiger partial charge is 0.0839 e. The summed E-state index contributed by atoms with van der Waals surface area (Å²) in [7, 11) is 0. The first kappa shape index (κ1) is 10.5. The van der Waals surface area contributed by atoms with Gasteiger partial charge in [-0.3, -0.25) is 0 Å². The summed E-state index contributed by atoms with van der Waals surface area (Å²) in [6, 6.07) is 0. The van der Waals surface area contributed by atoms with E-state index in [4.69, 9.17) is 0 Å². The molecule has 0 aromatic rings. The summed E-state index contributed by atoms with van der Waals surface area (Å²) in [4.78, 5) is 0. The van der Waals surface area contributed by atoms with Crippen LogP contribution >= 0.6 is 0 Å². The van der Waals surface area contributed by atoms with Crippen molar-refractivity contribution < 1.29 is 0 Å². The molecular weight excluding hydrogens is 180 g/mol. The molecule has 0 aromatic heterocycles. The molecule has 2 aliphatic rings. The second-order valence-electron chi connectivity index (χ2n) is 4.75. The van der Waals surface area contributed by atoms with E-state index in [1.165, 1.54) is 42.4 Å². The summed E-state index contributed by atoms with van der Waals surface area (Å²) in [6.07, 6.45) is 11.9. The monoisotopic (exact) mass is 200 g/mol. The van der Waals surface area contributed by atoms with Crippen molar-refractivity contribution in [3.8, 4) is 0 Å². The molecule has 0 nitrogen and oxygen atoms in total. The van der Waals surface area contributed by atoms with E-state index in [9.17, 15) is 0 Å². The van der Waals surface area contributed by atoms with E-state index in [1.807, 2.05) is 0 Å². The predicted octanol–water partition coefficient (Wildman–Crippen LogP) is 4.71. The minimum atomic E-state index is 1.21. The van der Waals surface area contributed by atoms with Crippen LogP contribution in [0.25, 0.3) is 0 Å². The predicted molar refractivity (Wildman–Crippen MR) is 66.8 cm³/mol. The molecule has 0 atom stereocenters. The highest BCUT2D eigenvalue weighted by molar-refractivity contribution is 5.48. The highest BCUT2D eigenvalue weighted by Crippen LogP contribution is 2.34. The lowest BCUT2D eigenvalue weighted by Crippen LogP contribution is -2.03. The molecule has 0 saturated heterocycles. The second kappa shape index (κ2) is 4.22. The van der Waals surface area contributed by atoms with Crippen molar-refractivity contribution in [2.45, 2.75) is 46.5 Å². The molecule has 0 spiro atoms. The van der Waals surface area contributed by atoms with Gasteiger partial charge in [-0.1, -0.05) is 23.8 Å². The normalized spacial score (nSPS) is 22.2. The molecule has 0 N–H and O–H groups in total. The van der Waals surface area contributed by atoms with Crippen LogP contribution in [0.1, 0.15) is 46.5 Å². The Labute approximate surface area is 93.1 Å². The van der Waals surface area contributed by atoms with Crippen LogP contribution in [0.15, 0.2) is 46.1 Å². The zero-order valence-electron chi connectivity index (χ0n) is 10.1. The average molecular weight is 200 g/mol. The summed E-state index contributed by atoms with van der Waals surface area (Å²) in [5.41, 5.74) is 7.72. The van der Waals surface area contributed by atoms with E-state index in [0.717, 1.165) is 0 Å². The van der Waals surface area contributed by atoms with E-state index >= 15 is 0 Å². The lowest BCUT2D eigenvalue weighted by atomic mass is 9.83. The lowest BCUT2D eigenvalue weighted by molar-refractivity contribution is 0.846. The van der Waals surface area contributed by atoms with E-state index in [-0.39, 0.29) is 0 Å². The van der Waals surface area contributed by atoms with Crippen molar-refractivity contribution in [3.05, 3.63) is 46.1 Å². The average Bonchev–Trinajstić information content (AvgIpc) is 2.20. The third-order valence-electron chi connectivity index (χ3n) is 3.48. The summed E-state index contributed by atoms with van der Waals surface area (Å²) < 4.78 is 0. The second-order valence-corrected chi connectivity index (χ2v) is 4.75. The molecular formula is C15H20. The van der Waals surface area contributed by atoms with Crippen LogP contribution in [-0.4, -0.2) is 0 Å². The highest BCUT2D eigenvalue weighted by Gasteiger charge is 2.15. The Balaban J connectivity index is 2.39. The Morgan fingerprint density at radius 1 is 0.867 bits per heavy atom. The molecule has 15 heavy (non-hydrogen) atoms. The van der Waals surface area contributed by atoms with Crippen LogP contribution in [0.2, 0.25) is 0 Å². The number of allylic oxidation sites excluding steroid dienone is 8. The zero-order chi connectivity index (χ0) is 10.8. The minimum Gasteiger partial charge on any atom is -0.0839 e. The Morgan fingerprint density at radius 2 is 1.60 bits per heavy atom. The van der Waals surface area contributed by atoms with Gasteiger partial charge in [0.05, 0.1) is 0 Å². The van der Waals surface area contributed by atoms with E-state index in [0.29, 0.717) is 0 Å². The van der Waals surface area contributed by atoms with Gasteiger partial charge in [0.15, 0.2) is 0 Å². The van der Waals surface area contributed by atoms with Crippen LogP contribution in [0.4, 0.5) is 0 Å². The smallest absolute Gasteiger partial charge is 0.0236 e. The summed E-state index contributed by atoms with van der Waals surface area (Å²) in [6.45, 7) is 6.75. The van der Waals surface area contributed by atoms with Crippen molar-refractivity contribution >= 4 is 0 Å². The Bertz CT molecular complexity index is 386. The molecule has 0 saturated carbocycles. The van der Waals surface area contributed by atoms with Gasteiger partial charge < -0.3 is 0 Å². The quantitative estimate of drug-likeness (QED) is 0.575. The molecule has 0 heteroatoms. The Morgan fingerprint density at radius 3 is 2.27 bits per heavy atom. The summed E-state index contributed by atoms with van der Waals surface area (Å²) in [5.74, 6) is 0. The highest BCUT2D eigenvalue weighted by atomic mass is 14.2. The molecule has 0 aliphatic heterocycles. The van der Waals surface area contributed by atoms with Crippen LogP contribution in [-0.2, 0) is 0 Å². The first-order valence-electron chi connectivity index (χ1n) is 5.92. The number of hydrogen-bond acceptors (Lipinski definition) is 0.